The molecule has 0 saturated carbocycles. The molecule has 0 fully saturated rings. The molecule has 20 heavy (non-hydrogen) atoms. The quantitative estimate of drug-likeness (QED) is 0.451. The Hall–Kier alpha value is -1.89. The van der Waals surface area contributed by atoms with Gasteiger partial charge in [0.25, 0.3) is 0 Å². The molecule has 1 aromatic heterocycles. The fraction of sp³-hybridized carbons (Fsp3) is 0.316. The van der Waals surface area contributed by atoms with E-state index in [0.717, 1.165) is 11.0 Å². The summed E-state index contributed by atoms with van der Waals surface area (Å²) in [5.74, 6) is 0. The molecule has 0 N–H and O–H groups in total. The number of benzene rings is 2. The zero-order valence-electron chi connectivity index (χ0n) is 13.5. The fourth-order valence-corrected chi connectivity index (χ4v) is 2.04. The van der Waals surface area contributed by atoms with Gasteiger partial charge in [0, 0.05) is 10.8 Å². The average Bonchev–Trinajstić information content (AvgIpc) is 2.49. The van der Waals surface area contributed by atoms with Gasteiger partial charge in [-0.05, 0) is 43.2 Å². The van der Waals surface area contributed by atoms with Crippen LogP contribution in [-0.4, -0.2) is 4.98 Å². The molecule has 3 rings (SSSR count). The van der Waals surface area contributed by atoms with Crippen LogP contribution in [0.1, 0.15) is 38.8 Å². The molecular weight excluding hydrogens is 242 g/mol. The van der Waals surface area contributed by atoms with Crippen LogP contribution in [0.25, 0.3) is 21.8 Å². The van der Waals surface area contributed by atoms with E-state index in [1.54, 1.807) is 0 Å². The van der Waals surface area contributed by atoms with Crippen molar-refractivity contribution >= 4 is 21.8 Å². The molecule has 0 bridgehead atoms. The summed E-state index contributed by atoms with van der Waals surface area (Å²) in [5, 5.41) is 2.42. The number of rotatable bonds is 0. The molecule has 0 radical (unpaired) electrons. The number of aryl methyl sites for hydroxylation is 2. The van der Waals surface area contributed by atoms with E-state index in [4.69, 9.17) is 4.98 Å². The highest BCUT2D eigenvalue weighted by Crippen LogP contribution is 2.21. The number of nitrogens with zero attached hydrogens (tertiary/aromatic N) is 1. The molecule has 1 heteroatoms. The van der Waals surface area contributed by atoms with Crippen molar-refractivity contribution in [2.45, 2.75) is 41.5 Å². The highest BCUT2D eigenvalue weighted by molar-refractivity contribution is 5.93. The van der Waals surface area contributed by atoms with E-state index in [2.05, 4.69) is 56.3 Å². The van der Waals surface area contributed by atoms with Crippen molar-refractivity contribution in [1.29, 1.82) is 0 Å². The maximum absolute atomic E-state index is 4.70. The summed E-state index contributed by atoms with van der Waals surface area (Å²) >= 11 is 0. The molecule has 0 aliphatic heterocycles. The molecule has 0 amide bonds. The minimum absolute atomic E-state index is 1.08. The van der Waals surface area contributed by atoms with Gasteiger partial charge in [0.1, 0.15) is 0 Å². The highest BCUT2D eigenvalue weighted by atomic mass is 14.7. The maximum atomic E-state index is 4.70. The Morgan fingerprint density at radius 2 is 1.00 bits per heavy atom. The Kier molecular flexibility index (Phi) is 6.17. The molecule has 3 aromatic rings. The van der Waals surface area contributed by atoms with Crippen LogP contribution in [0.5, 0.6) is 0 Å². The standard InChI is InChI=1S/C15H13N.2C2H6/c1-10-3-5-12-9-13-6-4-11(2)8-15(13)16-14(12)7-10;2*1-2/h3-9H,1-2H3;2*1-2H3. The molecule has 1 nitrogen and oxygen atoms in total. The summed E-state index contributed by atoms with van der Waals surface area (Å²) in [7, 11) is 0. The van der Waals surface area contributed by atoms with Gasteiger partial charge in [-0.2, -0.15) is 0 Å². The monoisotopic (exact) mass is 267 g/mol. The first-order valence-electron chi connectivity index (χ1n) is 7.50. The van der Waals surface area contributed by atoms with Crippen molar-refractivity contribution < 1.29 is 0 Å². The molecule has 0 aliphatic carbocycles. The molecule has 106 valence electrons. The summed E-state index contributed by atoms with van der Waals surface area (Å²) in [4.78, 5) is 4.70. The van der Waals surface area contributed by atoms with E-state index >= 15 is 0 Å². The van der Waals surface area contributed by atoms with Crippen molar-refractivity contribution in [3.8, 4) is 0 Å². The summed E-state index contributed by atoms with van der Waals surface area (Å²) in [6, 6.07) is 15.0. The van der Waals surface area contributed by atoms with Crippen molar-refractivity contribution in [1.82, 2.24) is 4.98 Å². The predicted molar refractivity (Wildman–Crippen MR) is 91.4 cm³/mol. The summed E-state index contributed by atoms with van der Waals surface area (Å²) in [6.45, 7) is 12.2. The van der Waals surface area contributed by atoms with E-state index in [1.807, 2.05) is 27.7 Å². The van der Waals surface area contributed by atoms with Crippen molar-refractivity contribution in [2.75, 3.05) is 0 Å². The number of pyridine rings is 1. The number of hydrogen-bond donors (Lipinski definition) is 0. The Morgan fingerprint density at radius 1 is 0.600 bits per heavy atom. The minimum Gasteiger partial charge on any atom is -0.248 e. The van der Waals surface area contributed by atoms with E-state index in [9.17, 15) is 0 Å². The van der Waals surface area contributed by atoms with E-state index in [-0.39, 0.29) is 0 Å². The van der Waals surface area contributed by atoms with Gasteiger partial charge >= 0.3 is 0 Å². The summed E-state index contributed by atoms with van der Waals surface area (Å²) in [5.41, 5.74) is 4.68. The van der Waals surface area contributed by atoms with E-state index in [1.165, 1.54) is 21.9 Å². The van der Waals surface area contributed by atoms with Crippen LogP contribution in [0.3, 0.4) is 0 Å². The van der Waals surface area contributed by atoms with Crippen LogP contribution in [0.4, 0.5) is 0 Å². The molecule has 1 heterocycles. The Bertz CT molecular complexity index is 627. The number of hydrogen-bond acceptors (Lipinski definition) is 1. The summed E-state index contributed by atoms with van der Waals surface area (Å²) in [6.07, 6.45) is 0. The third kappa shape index (κ3) is 3.57. The number of fused-ring (bicyclic) bond motifs is 2. The minimum atomic E-state index is 1.08. The Morgan fingerprint density at radius 3 is 1.40 bits per heavy atom. The van der Waals surface area contributed by atoms with Crippen LogP contribution in [0.2, 0.25) is 0 Å². The molecule has 0 unspecified atom stereocenters. The van der Waals surface area contributed by atoms with E-state index < -0.39 is 0 Å². The highest BCUT2D eigenvalue weighted by Gasteiger charge is 2.00. The van der Waals surface area contributed by atoms with Crippen molar-refractivity contribution in [3.05, 3.63) is 53.6 Å². The van der Waals surface area contributed by atoms with Gasteiger partial charge in [0.05, 0.1) is 11.0 Å². The zero-order valence-corrected chi connectivity index (χ0v) is 13.5. The van der Waals surface area contributed by atoms with Gasteiger partial charge in [-0.15, -0.1) is 0 Å². The molecule has 0 saturated heterocycles. The van der Waals surface area contributed by atoms with Gasteiger partial charge < -0.3 is 0 Å². The second-order valence-electron chi connectivity index (χ2n) is 4.38. The maximum Gasteiger partial charge on any atom is 0.0712 e. The average molecular weight is 267 g/mol. The van der Waals surface area contributed by atoms with Crippen LogP contribution in [-0.2, 0) is 0 Å². The molecule has 0 aliphatic rings. The lowest BCUT2D eigenvalue weighted by molar-refractivity contribution is 1.42. The largest absolute Gasteiger partial charge is 0.248 e. The zero-order chi connectivity index (χ0) is 15.1. The van der Waals surface area contributed by atoms with Gasteiger partial charge in [-0.1, -0.05) is 52.0 Å². The van der Waals surface area contributed by atoms with Crippen LogP contribution in [0, 0.1) is 13.8 Å². The normalized spacial score (nSPS) is 9.50. The second-order valence-corrected chi connectivity index (χ2v) is 4.38. The Balaban J connectivity index is 0.000000461. The van der Waals surface area contributed by atoms with Gasteiger partial charge in [0.15, 0.2) is 0 Å². The third-order valence-corrected chi connectivity index (χ3v) is 2.92. The first-order chi connectivity index (χ1) is 9.72. The van der Waals surface area contributed by atoms with Gasteiger partial charge in [-0.25, -0.2) is 4.98 Å². The number of aromatic nitrogens is 1. The fourth-order valence-electron chi connectivity index (χ4n) is 2.04. The van der Waals surface area contributed by atoms with Crippen LogP contribution < -0.4 is 0 Å². The molecular formula is C19H25N. The lowest BCUT2D eigenvalue weighted by Gasteiger charge is -2.03. The first kappa shape index (κ1) is 16.2. The molecule has 0 atom stereocenters. The Labute approximate surface area is 122 Å². The first-order valence-corrected chi connectivity index (χ1v) is 7.50. The van der Waals surface area contributed by atoms with Crippen molar-refractivity contribution in [3.63, 3.8) is 0 Å². The SMILES string of the molecule is CC.CC.Cc1ccc2cc3ccc(C)cc3nc2c1. The smallest absolute Gasteiger partial charge is 0.0712 e. The van der Waals surface area contributed by atoms with Gasteiger partial charge in [-0.3, -0.25) is 0 Å². The molecule has 2 aromatic carbocycles. The van der Waals surface area contributed by atoms with Crippen LogP contribution in [0.15, 0.2) is 42.5 Å². The topological polar surface area (TPSA) is 12.9 Å². The predicted octanol–water partition coefficient (Wildman–Crippen LogP) is 6.06. The van der Waals surface area contributed by atoms with Gasteiger partial charge in [0.2, 0.25) is 0 Å². The lowest BCUT2D eigenvalue weighted by Crippen LogP contribution is -1.84. The lowest BCUT2D eigenvalue weighted by atomic mass is 10.1. The van der Waals surface area contributed by atoms with Crippen LogP contribution >= 0.6 is 0 Å². The second kappa shape index (κ2) is 7.64. The molecule has 0 spiro atoms. The summed E-state index contributed by atoms with van der Waals surface area (Å²) < 4.78 is 0. The third-order valence-electron chi connectivity index (χ3n) is 2.92. The van der Waals surface area contributed by atoms with E-state index in [0.29, 0.717) is 0 Å². The van der Waals surface area contributed by atoms with Crippen molar-refractivity contribution in [2.24, 2.45) is 0 Å².